The number of nitrogens with zero attached hydrogens (tertiary/aromatic N) is 3. The monoisotopic (exact) mass is 414 g/mol. The van der Waals surface area contributed by atoms with Gasteiger partial charge in [0.1, 0.15) is 0 Å². The molecule has 0 spiro atoms. The summed E-state index contributed by atoms with van der Waals surface area (Å²) in [6.07, 6.45) is 0.837. The Bertz CT molecular complexity index is 891. The number of ether oxygens (including phenoxy) is 1. The summed E-state index contributed by atoms with van der Waals surface area (Å²) in [6, 6.07) is 7.26. The fourth-order valence-corrected chi connectivity index (χ4v) is 3.44. The van der Waals surface area contributed by atoms with Gasteiger partial charge < -0.3 is 25.6 Å². The van der Waals surface area contributed by atoms with E-state index in [0.717, 1.165) is 29.8 Å². The zero-order valence-corrected chi connectivity index (χ0v) is 18.0. The van der Waals surface area contributed by atoms with Gasteiger partial charge in [0.15, 0.2) is 5.69 Å². The molecule has 2 aromatic rings. The molecule has 1 aromatic heterocycles. The predicted octanol–water partition coefficient (Wildman–Crippen LogP) is 1.76. The summed E-state index contributed by atoms with van der Waals surface area (Å²) in [7, 11) is 5.04. The number of carbonyl (C=O) groups excluding carboxylic acids is 2. The minimum Gasteiger partial charge on any atom is -0.382 e. The van der Waals surface area contributed by atoms with E-state index >= 15 is 0 Å². The van der Waals surface area contributed by atoms with Crippen molar-refractivity contribution in [2.75, 3.05) is 39.7 Å². The average molecular weight is 415 g/mol. The molecule has 0 saturated heterocycles. The van der Waals surface area contributed by atoms with Crippen LogP contribution in [0.5, 0.6) is 0 Å². The number of methoxy groups -OCH3 is 1. The lowest BCUT2D eigenvalue weighted by atomic mass is 10.1. The molecule has 0 bridgehead atoms. The van der Waals surface area contributed by atoms with Gasteiger partial charge in [0.25, 0.3) is 5.91 Å². The van der Waals surface area contributed by atoms with Crippen LogP contribution in [0.25, 0.3) is 0 Å². The summed E-state index contributed by atoms with van der Waals surface area (Å²) in [5.74, 6) is -0.191. The molecule has 0 radical (unpaired) electrons. The lowest BCUT2D eigenvalue weighted by Crippen LogP contribution is -2.28. The smallest absolute Gasteiger partial charge is 0.321 e. The first kappa shape index (κ1) is 21.8. The van der Waals surface area contributed by atoms with Crippen LogP contribution in [-0.4, -0.2) is 61.0 Å². The fourth-order valence-electron chi connectivity index (χ4n) is 3.44. The molecule has 0 aliphatic carbocycles. The van der Waals surface area contributed by atoms with Crippen molar-refractivity contribution in [1.29, 1.82) is 0 Å². The number of anilines is 1. The molecule has 1 aliphatic rings. The van der Waals surface area contributed by atoms with E-state index < -0.39 is 0 Å². The third-order valence-corrected chi connectivity index (χ3v) is 5.06. The highest BCUT2D eigenvalue weighted by Gasteiger charge is 2.26. The third-order valence-electron chi connectivity index (χ3n) is 5.06. The molecular formula is C21H30N6O3. The van der Waals surface area contributed by atoms with Crippen LogP contribution in [0.1, 0.15) is 40.3 Å². The van der Waals surface area contributed by atoms with E-state index in [4.69, 9.17) is 4.74 Å². The molecule has 0 saturated carbocycles. The Kier molecular flexibility index (Phi) is 7.07. The Labute approximate surface area is 176 Å². The van der Waals surface area contributed by atoms with Gasteiger partial charge in [-0.05, 0) is 24.6 Å². The summed E-state index contributed by atoms with van der Waals surface area (Å²) < 4.78 is 7.19. The zero-order valence-electron chi connectivity index (χ0n) is 18.0. The first-order valence-electron chi connectivity index (χ1n) is 10.1. The minimum atomic E-state index is -0.191. The number of fused-ring (bicyclic) bond motifs is 1. The average Bonchev–Trinajstić information content (AvgIpc) is 3.13. The number of amides is 3. The van der Waals surface area contributed by atoms with E-state index in [0.29, 0.717) is 31.1 Å². The largest absolute Gasteiger partial charge is 0.382 e. The van der Waals surface area contributed by atoms with Crippen LogP contribution in [0.4, 0.5) is 10.5 Å². The van der Waals surface area contributed by atoms with Gasteiger partial charge in [-0.3, -0.25) is 9.48 Å². The van der Waals surface area contributed by atoms with Crippen molar-refractivity contribution in [2.24, 2.45) is 0 Å². The van der Waals surface area contributed by atoms with Crippen LogP contribution in [0.2, 0.25) is 0 Å². The van der Waals surface area contributed by atoms with Crippen molar-refractivity contribution in [3.8, 4) is 0 Å². The number of carbonyl (C=O) groups is 2. The predicted molar refractivity (Wildman–Crippen MR) is 115 cm³/mol. The molecule has 30 heavy (non-hydrogen) atoms. The second kappa shape index (κ2) is 9.73. The molecule has 9 nitrogen and oxygen atoms in total. The zero-order chi connectivity index (χ0) is 21.7. The first-order chi connectivity index (χ1) is 14.4. The second-order valence-corrected chi connectivity index (χ2v) is 7.65. The summed E-state index contributed by atoms with van der Waals surface area (Å²) in [6.45, 7) is 4.47. The lowest BCUT2D eigenvalue weighted by molar-refractivity contribution is 0.0942. The second-order valence-electron chi connectivity index (χ2n) is 7.65. The van der Waals surface area contributed by atoms with Crippen molar-refractivity contribution >= 4 is 17.6 Å². The summed E-state index contributed by atoms with van der Waals surface area (Å²) in [5.41, 5.74) is 4.17. The number of nitrogens with one attached hydrogen (secondary N) is 3. The highest BCUT2D eigenvalue weighted by atomic mass is 16.5. The SMILES string of the molecule is COC[C@H](C)n1nc(C(=O)NCc2ccc(NC(=O)N(C)C)cc2)c2c1CCNC2. The molecule has 2 heterocycles. The first-order valence-corrected chi connectivity index (χ1v) is 10.1. The van der Waals surface area contributed by atoms with Crippen LogP contribution < -0.4 is 16.0 Å². The van der Waals surface area contributed by atoms with E-state index in [1.807, 2.05) is 35.9 Å². The van der Waals surface area contributed by atoms with Crippen LogP contribution >= 0.6 is 0 Å². The van der Waals surface area contributed by atoms with Crippen molar-refractivity contribution in [3.63, 3.8) is 0 Å². The Morgan fingerprint density at radius 1 is 1.30 bits per heavy atom. The van der Waals surface area contributed by atoms with Crippen molar-refractivity contribution in [1.82, 2.24) is 25.3 Å². The molecule has 162 valence electrons. The molecule has 0 unspecified atom stereocenters. The van der Waals surface area contributed by atoms with Crippen molar-refractivity contribution in [3.05, 3.63) is 46.8 Å². The number of hydrogen-bond donors (Lipinski definition) is 3. The Morgan fingerprint density at radius 2 is 2.03 bits per heavy atom. The van der Waals surface area contributed by atoms with Gasteiger partial charge in [-0.15, -0.1) is 0 Å². The van der Waals surface area contributed by atoms with Gasteiger partial charge in [-0.1, -0.05) is 12.1 Å². The van der Waals surface area contributed by atoms with Crippen LogP contribution in [0.15, 0.2) is 24.3 Å². The minimum absolute atomic E-state index is 0.0633. The topological polar surface area (TPSA) is 101 Å². The Morgan fingerprint density at radius 3 is 2.70 bits per heavy atom. The molecular weight excluding hydrogens is 384 g/mol. The maximum absolute atomic E-state index is 12.9. The van der Waals surface area contributed by atoms with E-state index in [1.54, 1.807) is 21.2 Å². The van der Waals surface area contributed by atoms with E-state index in [2.05, 4.69) is 21.0 Å². The van der Waals surface area contributed by atoms with E-state index in [9.17, 15) is 9.59 Å². The highest BCUT2D eigenvalue weighted by Crippen LogP contribution is 2.22. The number of rotatable bonds is 7. The molecule has 0 fully saturated rings. The summed E-state index contributed by atoms with van der Waals surface area (Å²) in [5, 5.41) is 13.7. The Balaban J connectivity index is 1.67. The number of urea groups is 1. The van der Waals surface area contributed by atoms with Crippen LogP contribution in [-0.2, 0) is 24.2 Å². The summed E-state index contributed by atoms with van der Waals surface area (Å²) >= 11 is 0. The molecule has 3 amide bonds. The van der Waals surface area contributed by atoms with Gasteiger partial charge >= 0.3 is 6.03 Å². The van der Waals surface area contributed by atoms with E-state index in [-0.39, 0.29) is 18.0 Å². The van der Waals surface area contributed by atoms with Crippen molar-refractivity contribution < 1.29 is 14.3 Å². The van der Waals surface area contributed by atoms with Gasteiger partial charge in [-0.2, -0.15) is 5.10 Å². The maximum atomic E-state index is 12.9. The van der Waals surface area contributed by atoms with Gasteiger partial charge in [-0.25, -0.2) is 4.79 Å². The molecule has 1 aliphatic heterocycles. The maximum Gasteiger partial charge on any atom is 0.321 e. The van der Waals surface area contributed by atoms with E-state index in [1.165, 1.54) is 4.90 Å². The van der Waals surface area contributed by atoms with Crippen LogP contribution in [0.3, 0.4) is 0 Å². The molecule has 3 rings (SSSR count). The summed E-state index contributed by atoms with van der Waals surface area (Å²) in [4.78, 5) is 26.0. The van der Waals surface area contributed by atoms with Gasteiger partial charge in [0, 0.05) is 64.2 Å². The van der Waals surface area contributed by atoms with Crippen molar-refractivity contribution in [2.45, 2.75) is 32.5 Å². The molecule has 3 N–H and O–H groups in total. The number of hydrogen-bond acceptors (Lipinski definition) is 5. The standard InChI is InChI=1S/C21H30N6O3/c1-14(13-30-4)27-18-9-10-22-12-17(18)19(25-27)20(28)23-11-15-5-7-16(8-6-15)24-21(29)26(2)3/h5-8,14,22H,9-13H2,1-4H3,(H,23,28)(H,24,29)/t14-/m0/s1. The molecule has 9 heteroatoms. The highest BCUT2D eigenvalue weighted by molar-refractivity contribution is 5.94. The Hall–Kier alpha value is -2.91. The van der Waals surface area contributed by atoms with Gasteiger partial charge in [0.05, 0.1) is 12.6 Å². The number of aromatic nitrogens is 2. The quantitative estimate of drug-likeness (QED) is 0.641. The normalized spacial score (nSPS) is 14.0. The van der Waals surface area contributed by atoms with Gasteiger partial charge in [0.2, 0.25) is 0 Å². The lowest BCUT2D eigenvalue weighted by Gasteiger charge is -2.19. The third kappa shape index (κ3) is 4.98. The van der Waals surface area contributed by atoms with Crippen LogP contribution in [0, 0.1) is 0 Å². The molecule has 1 aromatic carbocycles. The fraction of sp³-hybridized carbons (Fsp3) is 0.476. The number of benzene rings is 1. The molecule has 1 atom stereocenters.